The summed E-state index contributed by atoms with van der Waals surface area (Å²) in [4.78, 5) is 11.8. The minimum atomic E-state index is -0.737. The van der Waals surface area contributed by atoms with Crippen molar-refractivity contribution in [3.05, 3.63) is 71.8 Å². The quantitative estimate of drug-likeness (QED) is 0.825. The van der Waals surface area contributed by atoms with Crippen molar-refractivity contribution in [2.24, 2.45) is 0 Å². The van der Waals surface area contributed by atoms with Gasteiger partial charge in [-0.1, -0.05) is 60.7 Å². The summed E-state index contributed by atoms with van der Waals surface area (Å²) < 4.78 is 5.37. The van der Waals surface area contributed by atoms with Gasteiger partial charge in [0.1, 0.15) is 6.61 Å². The second-order valence-corrected chi connectivity index (χ2v) is 5.19. The Bertz CT molecular complexity index is 571. The highest BCUT2D eigenvalue weighted by Gasteiger charge is 2.18. The van der Waals surface area contributed by atoms with Crippen LogP contribution in [0.4, 0.5) is 0 Å². The highest BCUT2D eigenvalue weighted by molar-refractivity contribution is 5.77. The highest BCUT2D eigenvalue weighted by atomic mass is 16.5. The number of hydrogen-bond donors (Lipinski definition) is 2. The van der Waals surface area contributed by atoms with Crippen molar-refractivity contribution in [1.82, 2.24) is 5.32 Å². The van der Waals surface area contributed by atoms with Crippen LogP contribution in [0.2, 0.25) is 0 Å². The predicted molar refractivity (Wildman–Crippen MR) is 85.1 cm³/mol. The second kappa shape index (κ2) is 8.32. The van der Waals surface area contributed by atoms with Gasteiger partial charge in [0.25, 0.3) is 0 Å². The smallest absolute Gasteiger partial charge is 0.246 e. The minimum absolute atomic E-state index is 0.0270. The van der Waals surface area contributed by atoms with Crippen LogP contribution in [0.1, 0.15) is 24.2 Å². The largest absolute Gasteiger partial charge is 0.386 e. The molecule has 116 valence electrons. The van der Waals surface area contributed by atoms with Crippen LogP contribution >= 0.6 is 0 Å². The lowest BCUT2D eigenvalue weighted by Gasteiger charge is -2.20. The molecule has 4 heteroatoms. The van der Waals surface area contributed by atoms with Crippen LogP contribution in [0.15, 0.2) is 60.7 Å². The molecule has 0 unspecified atom stereocenters. The molecule has 2 rings (SSSR count). The van der Waals surface area contributed by atoms with Crippen LogP contribution in [0.5, 0.6) is 0 Å². The number of ether oxygens (including phenoxy) is 1. The van der Waals surface area contributed by atoms with Gasteiger partial charge in [-0.2, -0.15) is 0 Å². The molecule has 2 N–H and O–H groups in total. The molecule has 0 aromatic heterocycles. The van der Waals surface area contributed by atoms with Crippen LogP contribution in [-0.2, 0) is 16.1 Å². The molecule has 0 fully saturated rings. The summed E-state index contributed by atoms with van der Waals surface area (Å²) in [6.45, 7) is 2.14. The molecule has 0 heterocycles. The summed E-state index contributed by atoms with van der Waals surface area (Å²) in [6, 6.07) is 18.6. The van der Waals surface area contributed by atoms with Crippen molar-refractivity contribution in [2.45, 2.75) is 25.7 Å². The van der Waals surface area contributed by atoms with E-state index in [1.807, 2.05) is 60.7 Å². The monoisotopic (exact) mass is 299 g/mol. The molecule has 1 amide bonds. The summed E-state index contributed by atoms with van der Waals surface area (Å²) in [6.07, 6.45) is -0.737. The number of benzene rings is 2. The van der Waals surface area contributed by atoms with E-state index in [1.54, 1.807) is 6.92 Å². The van der Waals surface area contributed by atoms with Gasteiger partial charge >= 0.3 is 0 Å². The fourth-order valence-electron chi connectivity index (χ4n) is 2.15. The average Bonchev–Trinajstić information content (AvgIpc) is 2.56. The summed E-state index contributed by atoms with van der Waals surface area (Å²) in [5.41, 5.74) is 1.80. The van der Waals surface area contributed by atoms with Crippen LogP contribution in [0.3, 0.4) is 0 Å². The Labute approximate surface area is 130 Å². The van der Waals surface area contributed by atoms with Gasteiger partial charge in [0.05, 0.1) is 18.8 Å². The molecule has 0 bridgehead atoms. The third-order valence-electron chi connectivity index (χ3n) is 3.35. The molecule has 2 aromatic rings. The van der Waals surface area contributed by atoms with Gasteiger partial charge in [0, 0.05) is 0 Å². The van der Waals surface area contributed by atoms with Gasteiger partial charge in [-0.3, -0.25) is 4.79 Å². The maximum atomic E-state index is 11.8. The van der Waals surface area contributed by atoms with Gasteiger partial charge < -0.3 is 15.2 Å². The fourth-order valence-corrected chi connectivity index (χ4v) is 2.15. The summed E-state index contributed by atoms with van der Waals surface area (Å²) in [7, 11) is 0. The van der Waals surface area contributed by atoms with E-state index in [0.717, 1.165) is 11.1 Å². The van der Waals surface area contributed by atoms with Gasteiger partial charge in [0.15, 0.2) is 0 Å². The zero-order valence-electron chi connectivity index (χ0n) is 12.6. The van der Waals surface area contributed by atoms with Crippen molar-refractivity contribution < 1.29 is 14.6 Å². The molecule has 0 aliphatic heterocycles. The molecule has 0 saturated heterocycles. The fraction of sp³-hybridized carbons (Fsp3) is 0.278. The predicted octanol–water partition coefficient (Wildman–Crippen LogP) is 2.44. The van der Waals surface area contributed by atoms with Crippen molar-refractivity contribution in [2.75, 3.05) is 6.61 Å². The Hall–Kier alpha value is -2.17. The average molecular weight is 299 g/mol. The lowest BCUT2D eigenvalue weighted by atomic mass is 10.0. The van der Waals surface area contributed by atoms with Crippen molar-refractivity contribution >= 4 is 5.91 Å². The molecule has 4 nitrogen and oxygen atoms in total. The Morgan fingerprint density at radius 1 is 1.09 bits per heavy atom. The van der Waals surface area contributed by atoms with Crippen molar-refractivity contribution in [3.63, 3.8) is 0 Å². The number of aliphatic hydroxyl groups is 1. The van der Waals surface area contributed by atoms with E-state index in [1.165, 1.54) is 0 Å². The molecule has 22 heavy (non-hydrogen) atoms. The van der Waals surface area contributed by atoms with Crippen LogP contribution in [0.25, 0.3) is 0 Å². The molecule has 0 aliphatic rings. The van der Waals surface area contributed by atoms with E-state index < -0.39 is 6.10 Å². The summed E-state index contributed by atoms with van der Waals surface area (Å²) in [5.74, 6) is -0.238. The molecule has 0 spiro atoms. The Kier molecular flexibility index (Phi) is 6.13. The number of hydrogen-bond acceptors (Lipinski definition) is 3. The maximum absolute atomic E-state index is 11.8. The zero-order valence-corrected chi connectivity index (χ0v) is 12.6. The highest BCUT2D eigenvalue weighted by Crippen LogP contribution is 2.15. The standard InChI is InChI=1S/C18H21NO3/c1-14(18(21)16-10-6-3-7-11-16)19-17(20)13-22-12-15-8-4-2-5-9-15/h2-11,14,18,21H,12-13H2,1H3,(H,19,20)/t14-,18-/m0/s1. The van der Waals surface area contributed by atoms with Crippen LogP contribution < -0.4 is 5.32 Å². The molecule has 0 aliphatic carbocycles. The van der Waals surface area contributed by atoms with E-state index >= 15 is 0 Å². The number of nitrogens with one attached hydrogen (secondary N) is 1. The number of carbonyl (C=O) groups is 1. The van der Waals surface area contributed by atoms with Crippen molar-refractivity contribution in [3.8, 4) is 0 Å². The van der Waals surface area contributed by atoms with Gasteiger partial charge in [0.2, 0.25) is 5.91 Å². The minimum Gasteiger partial charge on any atom is -0.386 e. The van der Waals surface area contributed by atoms with Crippen LogP contribution in [-0.4, -0.2) is 23.7 Å². The summed E-state index contributed by atoms with van der Waals surface area (Å²) in [5, 5.41) is 12.9. The third kappa shape index (κ3) is 4.98. The van der Waals surface area contributed by atoms with E-state index in [-0.39, 0.29) is 18.6 Å². The number of amides is 1. The zero-order chi connectivity index (χ0) is 15.8. The second-order valence-electron chi connectivity index (χ2n) is 5.19. The Balaban J connectivity index is 1.74. The van der Waals surface area contributed by atoms with E-state index in [2.05, 4.69) is 5.32 Å². The first-order valence-electron chi connectivity index (χ1n) is 7.31. The number of rotatable bonds is 7. The molecular formula is C18H21NO3. The first-order valence-corrected chi connectivity index (χ1v) is 7.31. The number of aliphatic hydroxyl groups excluding tert-OH is 1. The van der Waals surface area contributed by atoms with Gasteiger partial charge in [-0.15, -0.1) is 0 Å². The Morgan fingerprint density at radius 3 is 2.32 bits per heavy atom. The molecule has 0 saturated carbocycles. The lowest BCUT2D eigenvalue weighted by Crippen LogP contribution is -2.39. The third-order valence-corrected chi connectivity index (χ3v) is 3.35. The SMILES string of the molecule is C[C@H](NC(=O)COCc1ccccc1)[C@H](O)c1ccccc1. The van der Waals surface area contributed by atoms with Gasteiger partial charge in [-0.05, 0) is 18.1 Å². The molecule has 2 aromatic carbocycles. The van der Waals surface area contributed by atoms with E-state index in [9.17, 15) is 9.90 Å². The van der Waals surface area contributed by atoms with Crippen LogP contribution in [0, 0.1) is 0 Å². The topological polar surface area (TPSA) is 58.6 Å². The molecule has 0 radical (unpaired) electrons. The normalized spacial score (nSPS) is 13.4. The summed E-state index contributed by atoms with van der Waals surface area (Å²) >= 11 is 0. The van der Waals surface area contributed by atoms with Gasteiger partial charge in [-0.25, -0.2) is 0 Å². The van der Waals surface area contributed by atoms with Crippen molar-refractivity contribution in [1.29, 1.82) is 0 Å². The van der Waals surface area contributed by atoms with E-state index in [4.69, 9.17) is 4.74 Å². The van der Waals surface area contributed by atoms with E-state index in [0.29, 0.717) is 6.61 Å². The molecule has 2 atom stereocenters. The lowest BCUT2D eigenvalue weighted by molar-refractivity contribution is -0.127. The Morgan fingerprint density at radius 2 is 1.68 bits per heavy atom. The first-order chi connectivity index (χ1) is 10.7. The molecular weight excluding hydrogens is 278 g/mol. The maximum Gasteiger partial charge on any atom is 0.246 e. The first kappa shape index (κ1) is 16.2. The number of carbonyl (C=O) groups excluding carboxylic acids is 1.